The van der Waals surface area contributed by atoms with Gasteiger partial charge in [0.1, 0.15) is 6.04 Å². The van der Waals surface area contributed by atoms with Crippen molar-refractivity contribution in [1.82, 2.24) is 5.32 Å². The number of hydrogen-bond donors (Lipinski definition) is 5. The Morgan fingerprint density at radius 2 is 2.15 bits per heavy atom. The van der Waals surface area contributed by atoms with E-state index in [1.807, 2.05) is 0 Å². The molecule has 13 heavy (non-hydrogen) atoms. The van der Waals surface area contributed by atoms with Gasteiger partial charge >= 0.3 is 5.97 Å². The van der Waals surface area contributed by atoms with Crippen molar-refractivity contribution in [3.05, 3.63) is 0 Å². The summed E-state index contributed by atoms with van der Waals surface area (Å²) in [7, 11) is 0. The van der Waals surface area contributed by atoms with Crippen LogP contribution in [0.2, 0.25) is 0 Å². The van der Waals surface area contributed by atoms with Crippen LogP contribution in [0.15, 0.2) is 0 Å². The molecular weight excluding hydrogens is 240 g/mol. The molecular formula is C6H15BrN4O2. The second kappa shape index (κ2) is 7.81. The number of guanidine groups is 1. The van der Waals surface area contributed by atoms with E-state index in [0.717, 1.165) is 0 Å². The van der Waals surface area contributed by atoms with Gasteiger partial charge in [-0.2, -0.15) is 0 Å². The van der Waals surface area contributed by atoms with E-state index in [0.29, 0.717) is 19.4 Å². The van der Waals surface area contributed by atoms with Gasteiger partial charge in [0.25, 0.3) is 0 Å². The van der Waals surface area contributed by atoms with Gasteiger partial charge in [-0.25, -0.2) is 0 Å². The predicted molar refractivity (Wildman–Crippen MR) is 55.1 cm³/mol. The second-order valence-corrected chi connectivity index (χ2v) is 2.43. The van der Waals surface area contributed by atoms with Crippen LogP contribution >= 0.6 is 17.0 Å². The van der Waals surface area contributed by atoms with Crippen molar-refractivity contribution in [2.24, 2.45) is 11.5 Å². The SMILES string of the molecule is Br.N=C(N)NCCCC(N)C(=O)O. The summed E-state index contributed by atoms with van der Waals surface area (Å²) < 4.78 is 0. The van der Waals surface area contributed by atoms with Crippen molar-refractivity contribution >= 4 is 28.9 Å². The number of halogens is 1. The van der Waals surface area contributed by atoms with E-state index in [1.165, 1.54) is 0 Å². The molecule has 0 aliphatic carbocycles. The first-order valence-electron chi connectivity index (χ1n) is 3.60. The van der Waals surface area contributed by atoms with E-state index < -0.39 is 12.0 Å². The van der Waals surface area contributed by atoms with Crippen LogP contribution in [0, 0.1) is 5.41 Å². The highest BCUT2D eigenvalue weighted by Crippen LogP contribution is 1.92. The van der Waals surface area contributed by atoms with Gasteiger partial charge in [0.2, 0.25) is 0 Å². The zero-order valence-corrected chi connectivity index (χ0v) is 8.83. The Balaban J connectivity index is 0. The molecule has 0 fully saturated rings. The summed E-state index contributed by atoms with van der Waals surface area (Å²) in [5.41, 5.74) is 10.2. The van der Waals surface area contributed by atoms with E-state index in [2.05, 4.69) is 5.32 Å². The van der Waals surface area contributed by atoms with Gasteiger partial charge in [0.15, 0.2) is 5.96 Å². The van der Waals surface area contributed by atoms with E-state index in [4.69, 9.17) is 22.0 Å². The number of hydrogen-bond acceptors (Lipinski definition) is 3. The minimum atomic E-state index is -1.00. The van der Waals surface area contributed by atoms with Crippen LogP contribution in [-0.2, 0) is 4.79 Å². The van der Waals surface area contributed by atoms with E-state index in [1.54, 1.807) is 0 Å². The zero-order valence-electron chi connectivity index (χ0n) is 7.12. The fourth-order valence-corrected chi connectivity index (χ4v) is 0.669. The minimum Gasteiger partial charge on any atom is -0.480 e. The summed E-state index contributed by atoms with van der Waals surface area (Å²) in [5.74, 6) is -1.11. The molecule has 7 N–H and O–H groups in total. The minimum absolute atomic E-state index is 0. The summed E-state index contributed by atoms with van der Waals surface area (Å²) in [5, 5.41) is 17.7. The van der Waals surface area contributed by atoms with Gasteiger partial charge in [0, 0.05) is 6.54 Å². The van der Waals surface area contributed by atoms with Gasteiger partial charge in [0.05, 0.1) is 0 Å². The molecule has 0 radical (unpaired) electrons. The molecule has 0 aromatic rings. The van der Waals surface area contributed by atoms with Gasteiger partial charge < -0.3 is 21.9 Å². The third kappa shape index (κ3) is 9.09. The van der Waals surface area contributed by atoms with E-state index in [-0.39, 0.29) is 22.9 Å². The molecule has 0 bridgehead atoms. The highest BCUT2D eigenvalue weighted by molar-refractivity contribution is 8.93. The van der Waals surface area contributed by atoms with Crippen molar-refractivity contribution < 1.29 is 9.90 Å². The Hall–Kier alpha value is -0.820. The van der Waals surface area contributed by atoms with E-state index >= 15 is 0 Å². The number of nitrogens with one attached hydrogen (secondary N) is 2. The van der Waals surface area contributed by atoms with Crippen LogP contribution in [0.3, 0.4) is 0 Å². The highest BCUT2D eigenvalue weighted by atomic mass is 79.9. The largest absolute Gasteiger partial charge is 0.480 e. The first kappa shape index (κ1) is 14.7. The Bertz CT molecular complexity index is 176. The average Bonchev–Trinajstić information content (AvgIpc) is 1.97. The van der Waals surface area contributed by atoms with Gasteiger partial charge in [-0.05, 0) is 12.8 Å². The lowest BCUT2D eigenvalue weighted by Gasteiger charge is -2.06. The van der Waals surface area contributed by atoms with Crippen LogP contribution in [0.1, 0.15) is 12.8 Å². The molecule has 1 unspecified atom stereocenters. The molecule has 6 nitrogen and oxygen atoms in total. The molecule has 0 heterocycles. The average molecular weight is 255 g/mol. The fourth-order valence-electron chi connectivity index (χ4n) is 0.669. The molecule has 0 spiro atoms. The third-order valence-electron chi connectivity index (χ3n) is 1.32. The Morgan fingerprint density at radius 3 is 2.54 bits per heavy atom. The number of rotatable bonds is 5. The van der Waals surface area contributed by atoms with Crippen molar-refractivity contribution in [3.8, 4) is 0 Å². The molecule has 1 atom stereocenters. The zero-order chi connectivity index (χ0) is 9.56. The highest BCUT2D eigenvalue weighted by Gasteiger charge is 2.09. The summed E-state index contributed by atoms with van der Waals surface area (Å²) in [6, 6.07) is -0.821. The number of carboxylic acids is 1. The lowest BCUT2D eigenvalue weighted by atomic mass is 10.2. The standard InChI is InChI=1S/C6H14N4O2.BrH/c7-4(5(11)12)2-1-3-10-6(8)9;/h4H,1-3,7H2,(H,11,12)(H4,8,9,10);1H. The normalized spacial score (nSPS) is 11.2. The molecule has 0 saturated carbocycles. The van der Waals surface area contributed by atoms with Crippen molar-refractivity contribution in [1.29, 1.82) is 5.41 Å². The van der Waals surface area contributed by atoms with Gasteiger partial charge in [-0.1, -0.05) is 0 Å². The monoisotopic (exact) mass is 254 g/mol. The summed E-state index contributed by atoms with van der Waals surface area (Å²) >= 11 is 0. The van der Waals surface area contributed by atoms with Crippen LogP contribution in [-0.4, -0.2) is 29.6 Å². The quantitative estimate of drug-likeness (QED) is 0.251. The molecule has 0 rings (SSSR count). The third-order valence-corrected chi connectivity index (χ3v) is 1.32. The van der Waals surface area contributed by atoms with E-state index in [9.17, 15) is 4.79 Å². The smallest absolute Gasteiger partial charge is 0.320 e. The van der Waals surface area contributed by atoms with Crippen LogP contribution in [0.4, 0.5) is 0 Å². The number of nitrogens with two attached hydrogens (primary N) is 2. The molecule has 0 aliphatic heterocycles. The number of carboxylic acid groups (broad SMARTS) is 1. The number of aliphatic carboxylic acids is 1. The van der Waals surface area contributed by atoms with Crippen LogP contribution in [0.5, 0.6) is 0 Å². The molecule has 78 valence electrons. The summed E-state index contributed by atoms with van der Waals surface area (Å²) in [4.78, 5) is 10.2. The van der Waals surface area contributed by atoms with Crippen LogP contribution in [0.25, 0.3) is 0 Å². The molecule has 7 heteroatoms. The Morgan fingerprint density at radius 1 is 1.62 bits per heavy atom. The van der Waals surface area contributed by atoms with Crippen molar-refractivity contribution in [3.63, 3.8) is 0 Å². The summed E-state index contributed by atoms with van der Waals surface area (Å²) in [6.07, 6.45) is 0.975. The van der Waals surface area contributed by atoms with Crippen LogP contribution < -0.4 is 16.8 Å². The first-order valence-corrected chi connectivity index (χ1v) is 3.60. The van der Waals surface area contributed by atoms with Gasteiger partial charge in [-0.3, -0.25) is 10.2 Å². The fraction of sp³-hybridized carbons (Fsp3) is 0.667. The summed E-state index contributed by atoms with van der Waals surface area (Å²) in [6.45, 7) is 0.482. The van der Waals surface area contributed by atoms with Crippen molar-refractivity contribution in [2.45, 2.75) is 18.9 Å². The maximum Gasteiger partial charge on any atom is 0.320 e. The Kier molecular flexibility index (Phi) is 8.83. The molecule has 0 aliphatic rings. The maximum atomic E-state index is 10.2. The molecule has 0 aromatic carbocycles. The van der Waals surface area contributed by atoms with Gasteiger partial charge in [-0.15, -0.1) is 17.0 Å². The second-order valence-electron chi connectivity index (χ2n) is 2.43. The lowest BCUT2D eigenvalue weighted by Crippen LogP contribution is -2.34. The maximum absolute atomic E-state index is 10.2. The topological polar surface area (TPSA) is 125 Å². The molecule has 0 saturated heterocycles. The molecule has 0 aromatic heterocycles. The first-order chi connectivity index (χ1) is 5.54. The predicted octanol–water partition coefficient (Wildman–Crippen LogP) is -0.761. The lowest BCUT2D eigenvalue weighted by molar-refractivity contribution is -0.138. The molecule has 0 amide bonds. The number of carbonyl (C=O) groups is 1. The Labute approximate surface area is 86.9 Å². The van der Waals surface area contributed by atoms with Crippen molar-refractivity contribution in [2.75, 3.05) is 6.54 Å².